The first kappa shape index (κ1) is 11.7. The Balaban J connectivity index is 2.60. The molecular formula is C10H8Cl3N3. The molecule has 0 fully saturated rings. The summed E-state index contributed by atoms with van der Waals surface area (Å²) in [5, 5.41) is 1.02. The van der Waals surface area contributed by atoms with Crippen LogP contribution < -0.4 is 0 Å². The number of nitrogens with zero attached hydrogens (tertiary/aromatic N) is 3. The topological polar surface area (TPSA) is 30.7 Å². The molecule has 0 aliphatic heterocycles. The molecule has 2 aromatic rings. The molecule has 2 heterocycles. The summed E-state index contributed by atoms with van der Waals surface area (Å²) >= 11 is 17.7. The first-order chi connectivity index (χ1) is 7.63. The monoisotopic (exact) mass is 275 g/mol. The second-order valence-corrected chi connectivity index (χ2v) is 4.31. The van der Waals surface area contributed by atoms with Crippen LogP contribution in [-0.2, 0) is 6.42 Å². The van der Waals surface area contributed by atoms with Crippen LogP contribution in [0, 0.1) is 0 Å². The number of hydrogen-bond donors (Lipinski definition) is 0. The quantitative estimate of drug-likeness (QED) is 0.781. The highest BCUT2D eigenvalue weighted by Gasteiger charge is 2.11. The Morgan fingerprint density at radius 1 is 1.25 bits per heavy atom. The molecule has 84 valence electrons. The number of aromatic nitrogens is 3. The summed E-state index contributed by atoms with van der Waals surface area (Å²) in [4.78, 5) is 8.34. The van der Waals surface area contributed by atoms with Crippen molar-refractivity contribution in [3.63, 3.8) is 0 Å². The van der Waals surface area contributed by atoms with E-state index < -0.39 is 0 Å². The summed E-state index contributed by atoms with van der Waals surface area (Å²) in [7, 11) is 0. The molecule has 0 aromatic carbocycles. The molecule has 0 atom stereocenters. The van der Waals surface area contributed by atoms with Gasteiger partial charge in [0.25, 0.3) is 0 Å². The van der Waals surface area contributed by atoms with Gasteiger partial charge < -0.3 is 0 Å². The molecule has 0 aliphatic carbocycles. The summed E-state index contributed by atoms with van der Waals surface area (Å²) in [6.07, 6.45) is 4.27. The molecule has 3 nitrogen and oxygen atoms in total. The summed E-state index contributed by atoms with van der Waals surface area (Å²) < 4.78 is 1.80. The fraction of sp³-hybridized carbons (Fsp3) is 0.200. The molecule has 0 radical (unpaired) electrons. The Morgan fingerprint density at radius 2 is 2.00 bits per heavy atom. The van der Waals surface area contributed by atoms with Crippen molar-refractivity contribution in [2.24, 2.45) is 0 Å². The Hall–Kier alpha value is -0.770. The lowest BCUT2D eigenvalue weighted by Crippen LogP contribution is -2.02. The predicted molar refractivity (Wildman–Crippen MR) is 65.8 cm³/mol. The van der Waals surface area contributed by atoms with Crippen LogP contribution in [0.1, 0.15) is 12.7 Å². The molecule has 16 heavy (non-hydrogen) atoms. The van der Waals surface area contributed by atoms with Crippen molar-refractivity contribution in [2.45, 2.75) is 13.3 Å². The van der Waals surface area contributed by atoms with Gasteiger partial charge in [-0.15, -0.1) is 0 Å². The molecule has 0 saturated carbocycles. The third-order valence-corrected chi connectivity index (χ3v) is 3.08. The van der Waals surface area contributed by atoms with Crippen LogP contribution in [0.3, 0.4) is 0 Å². The Morgan fingerprint density at radius 3 is 2.69 bits per heavy atom. The van der Waals surface area contributed by atoms with Gasteiger partial charge in [-0.25, -0.2) is 9.97 Å². The summed E-state index contributed by atoms with van der Waals surface area (Å²) in [6.45, 7) is 2.00. The van der Waals surface area contributed by atoms with Crippen molar-refractivity contribution in [1.82, 2.24) is 14.5 Å². The Labute approximate surface area is 108 Å². The second kappa shape index (κ2) is 4.62. The van der Waals surface area contributed by atoms with Gasteiger partial charge in [-0.2, -0.15) is 0 Å². The number of rotatable bonds is 2. The van der Waals surface area contributed by atoms with Gasteiger partial charge in [0, 0.05) is 18.8 Å². The molecular weight excluding hydrogens is 268 g/mol. The molecule has 2 rings (SSSR count). The van der Waals surface area contributed by atoms with E-state index in [9.17, 15) is 0 Å². The van der Waals surface area contributed by atoms with E-state index in [0.29, 0.717) is 15.9 Å². The number of halogens is 3. The molecule has 2 aromatic heterocycles. The standard InChI is InChI=1S/C10H8Cl3N3/c1-2-8-14-3-4-16(8)10-7(12)5-6(11)9(13)15-10/h3-5H,2H2,1H3. The van der Waals surface area contributed by atoms with E-state index in [2.05, 4.69) is 9.97 Å². The summed E-state index contributed by atoms with van der Waals surface area (Å²) in [5.74, 6) is 1.42. The molecule has 0 N–H and O–H groups in total. The normalized spacial score (nSPS) is 10.8. The predicted octanol–water partition coefficient (Wildman–Crippen LogP) is 3.79. The maximum Gasteiger partial charge on any atom is 0.158 e. The molecule has 0 unspecified atom stereocenters. The van der Waals surface area contributed by atoms with Crippen LogP contribution in [0.4, 0.5) is 0 Å². The fourth-order valence-electron chi connectivity index (χ4n) is 1.39. The Kier molecular flexibility index (Phi) is 3.38. The van der Waals surface area contributed by atoms with Crippen molar-refractivity contribution in [3.05, 3.63) is 39.5 Å². The molecule has 0 amide bonds. The van der Waals surface area contributed by atoms with Gasteiger partial charge in [-0.1, -0.05) is 41.7 Å². The minimum absolute atomic E-state index is 0.233. The Bertz CT molecular complexity index is 522. The number of hydrogen-bond acceptors (Lipinski definition) is 2. The van der Waals surface area contributed by atoms with E-state index in [1.165, 1.54) is 0 Å². The highest BCUT2D eigenvalue weighted by atomic mass is 35.5. The SMILES string of the molecule is CCc1nccn1-c1nc(Cl)c(Cl)cc1Cl. The van der Waals surface area contributed by atoms with E-state index in [-0.39, 0.29) is 5.15 Å². The van der Waals surface area contributed by atoms with Gasteiger partial charge in [0.1, 0.15) is 11.0 Å². The highest BCUT2D eigenvalue weighted by molar-refractivity contribution is 6.42. The average molecular weight is 277 g/mol. The van der Waals surface area contributed by atoms with Gasteiger partial charge in [0.15, 0.2) is 5.82 Å². The molecule has 0 spiro atoms. The van der Waals surface area contributed by atoms with E-state index in [4.69, 9.17) is 34.8 Å². The zero-order valence-corrected chi connectivity index (χ0v) is 10.7. The van der Waals surface area contributed by atoms with Crippen molar-refractivity contribution < 1.29 is 0 Å². The smallest absolute Gasteiger partial charge is 0.158 e. The number of imidazole rings is 1. The van der Waals surface area contributed by atoms with Gasteiger partial charge in [-0.05, 0) is 6.07 Å². The van der Waals surface area contributed by atoms with E-state index in [1.807, 2.05) is 6.92 Å². The number of pyridine rings is 1. The molecule has 0 aliphatic rings. The lowest BCUT2D eigenvalue weighted by molar-refractivity contribution is 0.868. The first-order valence-electron chi connectivity index (χ1n) is 4.67. The van der Waals surface area contributed by atoms with Gasteiger partial charge in [-0.3, -0.25) is 4.57 Å². The average Bonchev–Trinajstić information content (AvgIpc) is 2.71. The summed E-state index contributed by atoms with van der Waals surface area (Å²) in [5.41, 5.74) is 0. The second-order valence-electron chi connectivity index (χ2n) is 3.13. The third kappa shape index (κ3) is 2.03. The van der Waals surface area contributed by atoms with Crippen molar-refractivity contribution in [1.29, 1.82) is 0 Å². The zero-order chi connectivity index (χ0) is 11.7. The molecule has 0 bridgehead atoms. The lowest BCUT2D eigenvalue weighted by Gasteiger charge is -2.08. The minimum Gasteiger partial charge on any atom is -0.287 e. The maximum absolute atomic E-state index is 6.07. The van der Waals surface area contributed by atoms with Gasteiger partial charge in [0.05, 0.1) is 10.0 Å². The lowest BCUT2D eigenvalue weighted by atomic mass is 10.4. The van der Waals surface area contributed by atoms with Crippen LogP contribution in [0.25, 0.3) is 5.82 Å². The minimum atomic E-state index is 0.233. The van der Waals surface area contributed by atoms with Crippen LogP contribution in [0.5, 0.6) is 0 Å². The van der Waals surface area contributed by atoms with Gasteiger partial charge in [0.2, 0.25) is 0 Å². The first-order valence-corrected chi connectivity index (χ1v) is 5.81. The maximum atomic E-state index is 6.07. The van der Waals surface area contributed by atoms with E-state index >= 15 is 0 Å². The van der Waals surface area contributed by atoms with Gasteiger partial charge >= 0.3 is 0 Å². The van der Waals surface area contributed by atoms with Crippen LogP contribution in [-0.4, -0.2) is 14.5 Å². The van der Waals surface area contributed by atoms with E-state index in [0.717, 1.165) is 12.2 Å². The van der Waals surface area contributed by atoms with Crippen LogP contribution >= 0.6 is 34.8 Å². The third-order valence-electron chi connectivity index (χ3n) is 2.13. The van der Waals surface area contributed by atoms with Crippen LogP contribution in [0.2, 0.25) is 15.2 Å². The van der Waals surface area contributed by atoms with E-state index in [1.54, 1.807) is 23.0 Å². The molecule has 6 heteroatoms. The zero-order valence-electron chi connectivity index (χ0n) is 8.41. The number of aryl methyl sites for hydroxylation is 1. The van der Waals surface area contributed by atoms with Crippen molar-refractivity contribution >= 4 is 34.8 Å². The fourth-order valence-corrected chi connectivity index (χ4v) is 1.98. The summed E-state index contributed by atoms with van der Waals surface area (Å²) in [6, 6.07) is 1.58. The largest absolute Gasteiger partial charge is 0.287 e. The highest BCUT2D eigenvalue weighted by Crippen LogP contribution is 2.28. The van der Waals surface area contributed by atoms with Crippen molar-refractivity contribution in [2.75, 3.05) is 0 Å². The molecule has 0 saturated heterocycles. The van der Waals surface area contributed by atoms with Crippen molar-refractivity contribution in [3.8, 4) is 5.82 Å². The van der Waals surface area contributed by atoms with Crippen LogP contribution in [0.15, 0.2) is 18.5 Å².